The molecule has 0 spiro atoms. The molecule has 38 heavy (non-hydrogen) atoms. The highest BCUT2D eigenvalue weighted by atomic mass is 35.5. The van der Waals surface area contributed by atoms with Gasteiger partial charge in [0, 0.05) is 18.5 Å². The Kier molecular flexibility index (Phi) is 7.99. The lowest BCUT2D eigenvalue weighted by Gasteiger charge is -2.19. The van der Waals surface area contributed by atoms with E-state index in [2.05, 4.69) is 35.1 Å². The third-order valence-corrected chi connectivity index (χ3v) is 7.75. The molecule has 0 amide bonds. The quantitative estimate of drug-likeness (QED) is 0.295. The zero-order valence-corrected chi connectivity index (χ0v) is 22.3. The van der Waals surface area contributed by atoms with Gasteiger partial charge in [-0.2, -0.15) is 9.97 Å². The van der Waals surface area contributed by atoms with E-state index in [-0.39, 0.29) is 39.9 Å². The number of pyridine rings is 1. The molecule has 16 heteroatoms. The Labute approximate surface area is 222 Å². The van der Waals surface area contributed by atoms with Gasteiger partial charge in [0.25, 0.3) is 0 Å². The van der Waals surface area contributed by atoms with Gasteiger partial charge in [0.2, 0.25) is 17.6 Å². The van der Waals surface area contributed by atoms with E-state index in [9.17, 15) is 13.5 Å². The van der Waals surface area contributed by atoms with Crippen molar-refractivity contribution in [2.45, 2.75) is 24.0 Å². The van der Waals surface area contributed by atoms with Gasteiger partial charge in [-0.3, -0.25) is 4.57 Å². The van der Waals surface area contributed by atoms with E-state index in [1.54, 1.807) is 18.2 Å². The summed E-state index contributed by atoms with van der Waals surface area (Å²) in [5.41, 5.74) is 0.470. The summed E-state index contributed by atoms with van der Waals surface area (Å²) < 4.78 is 44.4. The highest BCUT2D eigenvalue weighted by Crippen LogP contribution is 2.34. The number of halogens is 1. The molecule has 0 saturated heterocycles. The van der Waals surface area contributed by atoms with Crippen LogP contribution in [0, 0.1) is 0 Å². The lowest BCUT2D eigenvalue weighted by molar-refractivity contribution is 0.166. The number of sulfone groups is 1. The van der Waals surface area contributed by atoms with Crippen LogP contribution in [0.5, 0.6) is 17.6 Å². The average Bonchev–Trinajstić information content (AvgIpc) is 3.34. The van der Waals surface area contributed by atoms with Gasteiger partial charge in [-0.15, -0.1) is 10.2 Å². The molecule has 2 atom stereocenters. The first-order valence-electron chi connectivity index (χ1n) is 11.0. The number of aliphatic hydroxyl groups is 1. The lowest BCUT2D eigenvalue weighted by Crippen LogP contribution is -2.29. The van der Waals surface area contributed by atoms with Crippen molar-refractivity contribution in [2.24, 2.45) is 0 Å². The minimum Gasteiger partial charge on any atom is -0.481 e. The number of nitrogens with zero attached hydrogens (tertiary/aromatic N) is 8. The van der Waals surface area contributed by atoms with Crippen LogP contribution in [0.15, 0.2) is 36.9 Å². The Balaban J connectivity index is 1.84. The van der Waals surface area contributed by atoms with Crippen LogP contribution in [0.25, 0.3) is 17.2 Å². The maximum Gasteiger partial charge on any atom is 0.245 e. The molecule has 0 saturated carbocycles. The third kappa shape index (κ3) is 5.34. The molecule has 0 aliphatic rings. The molecule has 4 aromatic heterocycles. The molecule has 1 N–H and O–H groups in total. The predicted octanol–water partition coefficient (Wildman–Crippen LogP) is 1.63. The number of rotatable bonds is 10. The van der Waals surface area contributed by atoms with E-state index in [1.165, 1.54) is 51.5 Å². The van der Waals surface area contributed by atoms with Crippen molar-refractivity contribution in [3.63, 3.8) is 0 Å². The second-order valence-corrected chi connectivity index (χ2v) is 10.6. The Morgan fingerprint density at radius 1 is 1.00 bits per heavy atom. The van der Waals surface area contributed by atoms with Crippen molar-refractivity contribution in [3.8, 4) is 34.8 Å². The van der Waals surface area contributed by atoms with Crippen molar-refractivity contribution in [2.75, 3.05) is 21.3 Å². The summed E-state index contributed by atoms with van der Waals surface area (Å²) >= 11 is 5.80. The van der Waals surface area contributed by atoms with Crippen LogP contribution in [0.4, 0.5) is 0 Å². The van der Waals surface area contributed by atoms with E-state index < -0.39 is 26.9 Å². The van der Waals surface area contributed by atoms with Crippen LogP contribution in [-0.2, 0) is 15.6 Å². The zero-order valence-electron chi connectivity index (χ0n) is 20.7. The number of hydrogen-bond donors (Lipinski definition) is 1. The summed E-state index contributed by atoms with van der Waals surface area (Å²) in [6, 6.07) is 4.98. The Morgan fingerprint density at radius 2 is 1.66 bits per heavy atom. The first kappa shape index (κ1) is 27.1. The molecule has 0 radical (unpaired) electrons. The Morgan fingerprint density at radius 3 is 2.26 bits per heavy atom. The van der Waals surface area contributed by atoms with Gasteiger partial charge in [-0.25, -0.2) is 23.4 Å². The fraction of sp³-hybridized carbons (Fsp3) is 0.318. The van der Waals surface area contributed by atoms with Gasteiger partial charge in [0.15, 0.2) is 33.0 Å². The highest BCUT2D eigenvalue weighted by molar-refractivity contribution is 7.91. The summed E-state index contributed by atoms with van der Waals surface area (Å²) in [7, 11) is 0.163. The predicted molar refractivity (Wildman–Crippen MR) is 134 cm³/mol. The zero-order chi connectivity index (χ0) is 27.4. The summed E-state index contributed by atoms with van der Waals surface area (Å²) in [5.74, 6) is -0.176. The van der Waals surface area contributed by atoms with Crippen LogP contribution in [0.2, 0.25) is 5.02 Å². The summed E-state index contributed by atoms with van der Waals surface area (Å²) in [6.45, 7) is 1.34. The molecule has 0 bridgehead atoms. The fourth-order valence-electron chi connectivity index (χ4n) is 3.49. The van der Waals surface area contributed by atoms with Crippen molar-refractivity contribution in [1.29, 1.82) is 0 Å². The van der Waals surface area contributed by atoms with E-state index in [1.807, 2.05) is 0 Å². The van der Waals surface area contributed by atoms with Gasteiger partial charge >= 0.3 is 0 Å². The molecule has 200 valence electrons. The van der Waals surface area contributed by atoms with E-state index in [4.69, 9.17) is 25.8 Å². The number of aromatic nitrogens is 8. The Hall–Kier alpha value is -3.95. The first-order valence-corrected chi connectivity index (χ1v) is 13.1. The van der Waals surface area contributed by atoms with Crippen molar-refractivity contribution in [3.05, 3.63) is 53.6 Å². The molecular formula is C22H23ClN8O6S. The van der Waals surface area contributed by atoms with Gasteiger partial charge < -0.3 is 19.3 Å². The molecule has 14 nitrogen and oxygen atoms in total. The van der Waals surface area contributed by atoms with Crippen LogP contribution >= 0.6 is 11.6 Å². The molecule has 0 aromatic carbocycles. The maximum atomic E-state index is 13.5. The highest BCUT2D eigenvalue weighted by Gasteiger charge is 2.34. The monoisotopic (exact) mass is 562 g/mol. The van der Waals surface area contributed by atoms with Crippen molar-refractivity contribution < 1.29 is 27.7 Å². The molecule has 4 heterocycles. The van der Waals surface area contributed by atoms with Crippen molar-refractivity contribution in [1.82, 2.24) is 39.7 Å². The van der Waals surface area contributed by atoms with Crippen LogP contribution in [0.3, 0.4) is 0 Å². The van der Waals surface area contributed by atoms with Gasteiger partial charge in [0.05, 0.1) is 31.6 Å². The number of methoxy groups -OCH3 is 3. The number of hydrogen-bond acceptors (Lipinski definition) is 13. The van der Waals surface area contributed by atoms with Crippen LogP contribution in [0.1, 0.15) is 24.7 Å². The SMILES string of the molecule is COc1cccc(-c2nnc(CS(=O)(=O)[C@@H](C)[C@H](O)c3ncc(Cl)cn3)n2-c2c(OC)ncnc2OC)n1. The minimum absolute atomic E-state index is 0.0351. The average molecular weight is 563 g/mol. The van der Waals surface area contributed by atoms with Gasteiger partial charge in [0.1, 0.15) is 23.9 Å². The number of aliphatic hydroxyl groups excluding tert-OH is 1. The summed E-state index contributed by atoms with van der Waals surface area (Å²) in [4.78, 5) is 20.5. The van der Waals surface area contributed by atoms with E-state index in [0.29, 0.717) is 11.6 Å². The van der Waals surface area contributed by atoms with E-state index >= 15 is 0 Å². The van der Waals surface area contributed by atoms with Crippen LogP contribution in [-0.4, -0.2) is 79.8 Å². The van der Waals surface area contributed by atoms with Gasteiger partial charge in [-0.1, -0.05) is 17.7 Å². The maximum absolute atomic E-state index is 13.5. The molecule has 0 aliphatic carbocycles. The smallest absolute Gasteiger partial charge is 0.245 e. The van der Waals surface area contributed by atoms with Crippen molar-refractivity contribution >= 4 is 21.4 Å². The summed E-state index contributed by atoms with van der Waals surface area (Å²) in [6.07, 6.45) is 2.24. The summed E-state index contributed by atoms with van der Waals surface area (Å²) in [5, 5.41) is 18.0. The molecule has 4 aromatic rings. The molecular weight excluding hydrogens is 540 g/mol. The lowest BCUT2D eigenvalue weighted by atomic mass is 10.2. The minimum atomic E-state index is -4.08. The first-order chi connectivity index (χ1) is 18.2. The van der Waals surface area contributed by atoms with Crippen LogP contribution < -0.4 is 14.2 Å². The topological polar surface area (TPSA) is 177 Å². The molecule has 0 unspecified atom stereocenters. The Bertz CT molecular complexity index is 1510. The normalized spacial score (nSPS) is 13.1. The largest absolute Gasteiger partial charge is 0.481 e. The molecule has 4 rings (SSSR count). The molecule has 0 fully saturated rings. The second-order valence-electron chi connectivity index (χ2n) is 7.80. The fourth-order valence-corrected chi connectivity index (χ4v) is 4.92. The molecule has 0 aliphatic heterocycles. The number of ether oxygens (including phenoxy) is 3. The third-order valence-electron chi connectivity index (χ3n) is 5.50. The van der Waals surface area contributed by atoms with Gasteiger partial charge in [-0.05, 0) is 13.0 Å². The van der Waals surface area contributed by atoms with E-state index in [0.717, 1.165) is 0 Å². The standard InChI is InChI=1S/C22H23ClN8O6S/c1-12(18(32)19-24-8-13(23)9-25-19)38(33,34)10-15-29-30-20(14-6-5-7-16(28-14)35-2)31(15)17-21(36-3)26-11-27-22(17)37-4/h5-9,11-12,18,32H,10H2,1-4H3/t12-,18-/m0/s1. The second kappa shape index (κ2) is 11.2.